The number of fused-ring (bicyclic) bond motifs is 1. The number of hydrogen-bond donors (Lipinski definition) is 0. The zero-order valence-corrected chi connectivity index (χ0v) is 16.4. The molecule has 1 atom stereocenters. The maximum atomic E-state index is 14.0. The molecule has 3 nitrogen and oxygen atoms in total. The van der Waals surface area contributed by atoms with Crippen molar-refractivity contribution >= 4 is 5.91 Å². The van der Waals surface area contributed by atoms with E-state index in [1.807, 2.05) is 71.8 Å². The summed E-state index contributed by atoms with van der Waals surface area (Å²) < 4.78 is 16.1. The third-order valence-electron chi connectivity index (χ3n) is 5.70. The largest absolute Gasteiger partial charge is 0.348 e. The summed E-state index contributed by atoms with van der Waals surface area (Å²) in [5.41, 5.74) is 4.60. The van der Waals surface area contributed by atoms with Crippen molar-refractivity contribution in [2.45, 2.75) is 12.6 Å². The summed E-state index contributed by atoms with van der Waals surface area (Å²) in [6, 6.07) is 28.0. The van der Waals surface area contributed by atoms with Crippen LogP contribution in [-0.2, 0) is 6.54 Å². The molecule has 0 aliphatic carbocycles. The Morgan fingerprint density at radius 1 is 0.800 bits per heavy atom. The molecular formula is C26H21FN2O. The molecule has 1 aliphatic heterocycles. The summed E-state index contributed by atoms with van der Waals surface area (Å²) in [5, 5.41) is 0. The molecule has 30 heavy (non-hydrogen) atoms. The van der Waals surface area contributed by atoms with E-state index in [0.29, 0.717) is 12.1 Å². The van der Waals surface area contributed by atoms with Gasteiger partial charge in [-0.3, -0.25) is 4.79 Å². The molecule has 4 heteroatoms. The monoisotopic (exact) mass is 396 g/mol. The van der Waals surface area contributed by atoms with Gasteiger partial charge in [-0.2, -0.15) is 0 Å². The van der Waals surface area contributed by atoms with Gasteiger partial charge >= 0.3 is 0 Å². The van der Waals surface area contributed by atoms with E-state index < -0.39 is 0 Å². The maximum Gasteiger partial charge on any atom is 0.254 e. The lowest BCUT2D eigenvalue weighted by molar-refractivity contribution is 0.0664. The molecule has 0 bridgehead atoms. The molecule has 1 aliphatic rings. The summed E-state index contributed by atoms with van der Waals surface area (Å²) in [6.07, 6.45) is 2.01. The van der Waals surface area contributed by atoms with Gasteiger partial charge in [-0.05, 0) is 53.1 Å². The van der Waals surface area contributed by atoms with E-state index in [-0.39, 0.29) is 17.8 Å². The van der Waals surface area contributed by atoms with Crippen LogP contribution in [0.1, 0.15) is 27.7 Å². The molecule has 1 amide bonds. The smallest absolute Gasteiger partial charge is 0.254 e. The van der Waals surface area contributed by atoms with Gasteiger partial charge < -0.3 is 9.47 Å². The second kappa shape index (κ2) is 7.64. The van der Waals surface area contributed by atoms with Gasteiger partial charge in [-0.1, -0.05) is 54.6 Å². The van der Waals surface area contributed by atoms with E-state index >= 15 is 0 Å². The number of hydrogen-bond acceptors (Lipinski definition) is 1. The molecule has 4 aromatic rings. The first kappa shape index (κ1) is 18.4. The Hall–Kier alpha value is -3.66. The van der Waals surface area contributed by atoms with Crippen molar-refractivity contribution < 1.29 is 9.18 Å². The van der Waals surface area contributed by atoms with Gasteiger partial charge in [0, 0.05) is 30.5 Å². The van der Waals surface area contributed by atoms with Gasteiger partial charge in [0.15, 0.2) is 0 Å². The van der Waals surface area contributed by atoms with E-state index in [1.165, 1.54) is 12.1 Å². The van der Waals surface area contributed by atoms with Gasteiger partial charge in [-0.25, -0.2) is 4.39 Å². The molecule has 0 unspecified atom stereocenters. The fourth-order valence-corrected chi connectivity index (χ4v) is 4.23. The molecular weight excluding hydrogens is 375 g/mol. The van der Waals surface area contributed by atoms with Crippen LogP contribution in [0.4, 0.5) is 4.39 Å². The Bertz CT molecular complexity index is 1180. The van der Waals surface area contributed by atoms with Crippen LogP contribution < -0.4 is 0 Å². The van der Waals surface area contributed by atoms with Crippen molar-refractivity contribution in [1.29, 1.82) is 0 Å². The predicted molar refractivity (Wildman–Crippen MR) is 116 cm³/mol. The summed E-state index contributed by atoms with van der Waals surface area (Å²) in [5.74, 6) is -0.341. The second-order valence-electron chi connectivity index (χ2n) is 7.53. The van der Waals surface area contributed by atoms with Crippen molar-refractivity contribution in [3.63, 3.8) is 0 Å². The maximum absolute atomic E-state index is 14.0. The van der Waals surface area contributed by atoms with Crippen LogP contribution >= 0.6 is 0 Å². The van der Waals surface area contributed by atoms with Gasteiger partial charge in [0.1, 0.15) is 5.82 Å². The number of rotatable bonds is 3. The van der Waals surface area contributed by atoms with Crippen molar-refractivity contribution in [2.75, 3.05) is 6.54 Å². The van der Waals surface area contributed by atoms with Gasteiger partial charge in [0.05, 0.1) is 6.04 Å². The normalized spacial score (nSPS) is 15.6. The van der Waals surface area contributed by atoms with Gasteiger partial charge in [0.25, 0.3) is 5.91 Å². The van der Waals surface area contributed by atoms with Crippen molar-refractivity contribution in [1.82, 2.24) is 9.47 Å². The quantitative estimate of drug-likeness (QED) is 0.446. The van der Waals surface area contributed by atoms with Crippen molar-refractivity contribution in [3.05, 3.63) is 120 Å². The van der Waals surface area contributed by atoms with Crippen LogP contribution in [0.3, 0.4) is 0 Å². The predicted octanol–water partition coefficient (Wildman–Crippen LogP) is 5.54. The fourth-order valence-electron chi connectivity index (χ4n) is 4.23. The zero-order valence-electron chi connectivity index (χ0n) is 16.4. The molecule has 3 aromatic carbocycles. The molecule has 0 spiro atoms. The van der Waals surface area contributed by atoms with E-state index in [2.05, 4.69) is 16.7 Å². The zero-order chi connectivity index (χ0) is 20.5. The Morgan fingerprint density at radius 2 is 1.57 bits per heavy atom. The molecule has 1 aromatic heterocycles. The molecule has 148 valence electrons. The molecule has 0 N–H and O–H groups in total. The lowest BCUT2D eigenvalue weighted by Crippen LogP contribution is -2.42. The van der Waals surface area contributed by atoms with Crippen molar-refractivity contribution in [3.8, 4) is 11.1 Å². The fraction of sp³-hybridized carbons (Fsp3) is 0.115. The summed E-state index contributed by atoms with van der Waals surface area (Å²) >= 11 is 0. The standard InChI is InChI=1S/C26H21FN2O/c27-23-9-4-8-22(18-23)25-24-10-5-15-28(24)16-17-29(25)26(30)21-13-11-20(12-14-21)19-6-2-1-3-7-19/h1-15,18,25H,16-17H2/t25-/m1/s1. The van der Waals surface area contributed by atoms with Crippen molar-refractivity contribution in [2.24, 2.45) is 0 Å². The highest BCUT2D eigenvalue weighted by atomic mass is 19.1. The minimum absolute atomic E-state index is 0.0451. The van der Waals surface area contributed by atoms with Gasteiger partial charge in [-0.15, -0.1) is 0 Å². The van der Waals surface area contributed by atoms with Crippen LogP contribution in [0.25, 0.3) is 11.1 Å². The highest BCUT2D eigenvalue weighted by molar-refractivity contribution is 5.95. The van der Waals surface area contributed by atoms with Crippen LogP contribution in [0.5, 0.6) is 0 Å². The van der Waals surface area contributed by atoms with E-state index in [1.54, 1.807) is 6.07 Å². The summed E-state index contributed by atoms with van der Waals surface area (Å²) in [7, 11) is 0. The number of amides is 1. The number of carbonyl (C=O) groups is 1. The lowest BCUT2D eigenvalue weighted by Gasteiger charge is -2.37. The third-order valence-corrected chi connectivity index (χ3v) is 5.70. The molecule has 0 fully saturated rings. The van der Waals surface area contributed by atoms with Crippen LogP contribution in [0, 0.1) is 5.82 Å². The Morgan fingerprint density at radius 3 is 2.33 bits per heavy atom. The average Bonchev–Trinajstić information content (AvgIpc) is 3.27. The molecule has 0 saturated heterocycles. The Balaban J connectivity index is 1.49. The SMILES string of the molecule is O=C(c1ccc(-c2ccccc2)cc1)N1CCn2cccc2[C@H]1c1cccc(F)c1. The van der Waals surface area contributed by atoms with E-state index in [0.717, 1.165) is 28.9 Å². The molecule has 0 radical (unpaired) electrons. The Kier molecular flexibility index (Phi) is 4.68. The van der Waals surface area contributed by atoms with Crippen LogP contribution in [-0.4, -0.2) is 21.9 Å². The average molecular weight is 396 g/mol. The number of nitrogens with zero attached hydrogens (tertiary/aromatic N) is 2. The number of halogens is 1. The molecule has 2 heterocycles. The number of carbonyl (C=O) groups excluding carboxylic acids is 1. The minimum Gasteiger partial charge on any atom is -0.348 e. The third kappa shape index (κ3) is 3.30. The highest BCUT2D eigenvalue weighted by Crippen LogP contribution is 2.34. The topological polar surface area (TPSA) is 25.2 Å². The first-order valence-electron chi connectivity index (χ1n) is 10.1. The lowest BCUT2D eigenvalue weighted by atomic mass is 9.98. The number of benzene rings is 3. The summed E-state index contributed by atoms with van der Waals surface area (Å²) in [6.45, 7) is 1.30. The van der Waals surface area contributed by atoms with E-state index in [4.69, 9.17) is 0 Å². The van der Waals surface area contributed by atoms with Crippen LogP contribution in [0.2, 0.25) is 0 Å². The van der Waals surface area contributed by atoms with Gasteiger partial charge in [0.2, 0.25) is 0 Å². The highest BCUT2D eigenvalue weighted by Gasteiger charge is 2.32. The first-order chi connectivity index (χ1) is 14.7. The Labute approximate surface area is 175 Å². The minimum atomic E-state index is -0.314. The summed E-state index contributed by atoms with van der Waals surface area (Å²) in [4.78, 5) is 15.3. The second-order valence-corrected chi connectivity index (χ2v) is 7.53. The molecule has 0 saturated carbocycles. The molecule has 5 rings (SSSR count). The first-order valence-corrected chi connectivity index (χ1v) is 10.1. The van der Waals surface area contributed by atoms with E-state index in [9.17, 15) is 9.18 Å². The number of aromatic nitrogens is 1. The van der Waals surface area contributed by atoms with Crippen LogP contribution in [0.15, 0.2) is 97.2 Å².